The molecule has 0 atom stereocenters. The molecule has 0 saturated carbocycles. The first kappa shape index (κ1) is 16.8. The molecule has 0 saturated heterocycles. The molecule has 0 unspecified atom stereocenters. The van der Waals surface area contributed by atoms with Gasteiger partial charge in [0, 0.05) is 12.2 Å². The smallest absolute Gasteiger partial charge is 0.417 e. The molecule has 0 heterocycles. The average Bonchev–Trinajstić information content (AvgIpc) is 2.43. The van der Waals surface area contributed by atoms with Crippen molar-refractivity contribution >= 4 is 11.7 Å². The second-order valence-corrected chi connectivity index (χ2v) is 4.16. The van der Waals surface area contributed by atoms with Crippen molar-refractivity contribution in [3.8, 4) is 6.07 Å². The van der Waals surface area contributed by atoms with Gasteiger partial charge in [0.25, 0.3) is 0 Å². The fraction of sp³-hybridized carbons (Fsp3) is 0.429. The molecule has 0 aromatic heterocycles. The molecular formula is C14H15F3N2O2. The molecule has 0 amide bonds. The van der Waals surface area contributed by atoms with E-state index in [0.717, 1.165) is 12.1 Å². The zero-order chi connectivity index (χ0) is 16.0. The van der Waals surface area contributed by atoms with E-state index in [4.69, 9.17) is 10.00 Å². The predicted octanol–water partition coefficient (Wildman–Crippen LogP) is 2.97. The van der Waals surface area contributed by atoms with Gasteiger partial charge in [-0.15, -0.1) is 0 Å². The summed E-state index contributed by atoms with van der Waals surface area (Å²) in [5.41, 5.74) is -1.24. The van der Waals surface area contributed by atoms with Crippen molar-refractivity contribution in [2.24, 2.45) is 0 Å². The van der Waals surface area contributed by atoms with Crippen LogP contribution in [0.4, 0.5) is 18.9 Å². The number of esters is 1. The highest BCUT2D eigenvalue weighted by Gasteiger charge is 2.34. The van der Waals surface area contributed by atoms with Crippen LogP contribution in [0.5, 0.6) is 0 Å². The number of nitrogens with zero attached hydrogens (tertiary/aromatic N) is 2. The van der Waals surface area contributed by atoms with Crippen molar-refractivity contribution in [1.29, 1.82) is 5.26 Å². The third-order valence-electron chi connectivity index (χ3n) is 2.80. The van der Waals surface area contributed by atoms with E-state index in [2.05, 4.69) is 0 Å². The van der Waals surface area contributed by atoms with E-state index < -0.39 is 23.3 Å². The Bertz CT molecular complexity index is 550. The summed E-state index contributed by atoms with van der Waals surface area (Å²) in [5.74, 6) is -0.516. The van der Waals surface area contributed by atoms with Gasteiger partial charge >= 0.3 is 12.1 Å². The Morgan fingerprint density at radius 3 is 2.52 bits per heavy atom. The monoisotopic (exact) mass is 300 g/mol. The van der Waals surface area contributed by atoms with E-state index in [1.165, 1.54) is 17.0 Å². The van der Waals surface area contributed by atoms with Crippen LogP contribution in [-0.4, -0.2) is 25.7 Å². The lowest BCUT2D eigenvalue weighted by atomic mass is 10.1. The summed E-state index contributed by atoms with van der Waals surface area (Å²) >= 11 is 0. The third-order valence-corrected chi connectivity index (χ3v) is 2.80. The molecule has 0 aliphatic carbocycles. The number of nitriles is 1. The first-order chi connectivity index (χ1) is 9.83. The number of alkyl halides is 3. The molecule has 0 aliphatic heterocycles. The minimum atomic E-state index is -4.62. The number of rotatable bonds is 5. The summed E-state index contributed by atoms with van der Waals surface area (Å²) in [6.07, 6.45) is -4.62. The van der Waals surface area contributed by atoms with Crippen molar-refractivity contribution in [2.75, 3.05) is 24.6 Å². The maximum Gasteiger partial charge on any atom is 0.417 e. The summed E-state index contributed by atoms with van der Waals surface area (Å²) in [4.78, 5) is 12.9. The molecule has 1 rings (SSSR count). The number of anilines is 1. The Morgan fingerprint density at radius 2 is 2.05 bits per heavy atom. The Hall–Kier alpha value is -2.23. The zero-order valence-electron chi connectivity index (χ0n) is 11.7. The highest BCUT2D eigenvalue weighted by atomic mass is 19.4. The maximum absolute atomic E-state index is 12.9. The average molecular weight is 300 g/mol. The largest absolute Gasteiger partial charge is 0.465 e. The van der Waals surface area contributed by atoms with Gasteiger partial charge in [-0.1, -0.05) is 0 Å². The minimum Gasteiger partial charge on any atom is -0.465 e. The van der Waals surface area contributed by atoms with Crippen LogP contribution < -0.4 is 4.90 Å². The quantitative estimate of drug-likeness (QED) is 0.785. The highest BCUT2D eigenvalue weighted by Crippen LogP contribution is 2.34. The number of hydrogen-bond donors (Lipinski definition) is 0. The second-order valence-electron chi connectivity index (χ2n) is 4.16. The van der Waals surface area contributed by atoms with E-state index >= 15 is 0 Å². The van der Waals surface area contributed by atoms with E-state index in [9.17, 15) is 18.0 Å². The number of halogens is 3. The van der Waals surface area contributed by atoms with E-state index in [1.807, 2.05) is 0 Å². The fourth-order valence-electron chi connectivity index (χ4n) is 1.81. The third kappa shape index (κ3) is 4.38. The normalized spacial score (nSPS) is 10.9. The van der Waals surface area contributed by atoms with Gasteiger partial charge in [-0.25, -0.2) is 0 Å². The van der Waals surface area contributed by atoms with Gasteiger partial charge < -0.3 is 9.64 Å². The summed E-state index contributed by atoms with van der Waals surface area (Å²) < 4.78 is 43.5. The van der Waals surface area contributed by atoms with Crippen LogP contribution in [0.25, 0.3) is 0 Å². The number of carbonyl (C=O) groups excluding carboxylic acids is 1. The number of likely N-dealkylation sites (N-methyl/N-ethyl adjacent to an activating group) is 1. The number of benzene rings is 1. The molecule has 1 aromatic rings. The van der Waals surface area contributed by atoms with Crippen LogP contribution in [0.1, 0.15) is 25.0 Å². The molecule has 114 valence electrons. The molecule has 4 nitrogen and oxygen atoms in total. The lowest BCUT2D eigenvalue weighted by Crippen LogP contribution is -2.31. The molecular weight excluding hydrogens is 285 g/mol. The summed E-state index contributed by atoms with van der Waals surface area (Å²) in [5, 5.41) is 8.75. The fourth-order valence-corrected chi connectivity index (χ4v) is 1.81. The summed E-state index contributed by atoms with van der Waals surface area (Å²) in [6, 6.07) is 4.88. The standard InChI is InChI=1S/C14H15F3N2O2/c1-3-19(9-13(20)21-4-2)11-6-5-10(8-18)12(7-11)14(15,16)17/h5-7H,3-4,9H2,1-2H3. The van der Waals surface area contributed by atoms with E-state index in [-0.39, 0.29) is 18.8 Å². The Labute approximate surface area is 120 Å². The van der Waals surface area contributed by atoms with Crippen LogP contribution in [-0.2, 0) is 15.7 Å². The molecule has 0 N–H and O–H groups in total. The Kier molecular flexibility index (Phi) is 5.59. The SMILES string of the molecule is CCOC(=O)CN(CC)c1ccc(C#N)c(C(F)(F)F)c1. The van der Waals surface area contributed by atoms with Gasteiger partial charge in [-0.05, 0) is 32.0 Å². The van der Waals surface area contributed by atoms with Crippen molar-refractivity contribution < 1.29 is 22.7 Å². The Morgan fingerprint density at radius 1 is 1.38 bits per heavy atom. The van der Waals surface area contributed by atoms with Crippen LogP contribution in [0.2, 0.25) is 0 Å². The van der Waals surface area contributed by atoms with Gasteiger partial charge in [0.15, 0.2) is 0 Å². The second kappa shape index (κ2) is 6.97. The van der Waals surface area contributed by atoms with Crippen LogP contribution in [0.15, 0.2) is 18.2 Å². The van der Waals surface area contributed by atoms with Crippen LogP contribution in [0, 0.1) is 11.3 Å². The Balaban J connectivity index is 3.12. The molecule has 0 bridgehead atoms. The molecule has 0 spiro atoms. The minimum absolute atomic E-state index is 0.145. The summed E-state index contributed by atoms with van der Waals surface area (Å²) in [7, 11) is 0. The number of carbonyl (C=O) groups is 1. The van der Waals surface area contributed by atoms with Gasteiger partial charge in [0.1, 0.15) is 6.54 Å². The first-order valence-corrected chi connectivity index (χ1v) is 6.35. The first-order valence-electron chi connectivity index (χ1n) is 6.35. The molecule has 21 heavy (non-hydrogen) atoms. The van der Waals surface area contributed by atoms with Gasteiger partial charge in [-0.2, -0.15) is 18.4 Å². The lowest BCUT2D eigenvalue weighted by Gasteiger charge is -2.23. The summed E-state index contributed by atoms with van der Waals surface area (Å²) in [6.45, 7) is 3.76. The van der Waals surface area contributed by atoms with E-state index in [1.54, 1.807) is 13.8 Å². The van der Waals surface area contributed by atoms with Gasteiger partial charge in [0.05, 0.1) is 23.8 Å². The van der Waals surface area contributed by atoms with Gasteiger partial charge in [-0.3, -0.25) is 4.79 Å². The maximum atomic E-state index is 12.9. The van der Waals surface area contributed by atoms with Crippen molar-refractivity contribution in [2.45, 2.75) is 20.0 Å². The van der Waals surface area contributed by atoms with Crippen LogP contribution >= 0.6 is 0 Å². The highest BCUT2D eigenvalue weighted by molar-refractivity contribution is 5.76. The van der Waals surface area contributed by atoms with Gasteiger partial charge in [0.2, 0.25) is 0 Å². The lowest BCUT2D eigenvalue weighted by molar-refractivity contribution is -0.141. The molecule has 7 heteroatoms. The van der Waals surface area contributed by atoms with Crippen molar-refractivity contribution in [1.82, 2.24) is 0 Å². The van der Waals surface area contributed by atoms with E-state index in [0.29, 0.717) is 6.54 Å². The van der Waals surface area contributed by atoms with Crippen LogP contribution in [0.3, 0.4) is 0 Å². The molecule has 1 aromatic carbocycles. The van der Waals surface area contributed by atoms with Crippen molar-refractivity contribution in [3.05, 3.63) is 29.3 Å². The number of ether oxygens (including phenoxy) is 1. The molecule has 0 radical (unpaired) electrons. The van der Waals surface area contributed by atoms with Crippen molar-refractivity contribution in [3.63, 3.8) is 0 Å². The predicted molar refractivity (Wildman–Crippen MR) is 70.7 cm³/mol. The molecule has 0 aliphatic rings. The number of hydrogen-bond acceptors (Lipinski definition) is 4. The topological polar surface area (TPSA) is 53.3 Å². The zero-order valence-corrected chi connectivity index (χ0v) is 11.7. The molecule has 0 fully saturated rings.